The van der Waals surface area contributed by atoms with Crippen molar-refractivity contribution in [3.8, 4) is 0 Å². The maximum atomic E-state index is 11.7. The standard InChI is InChI=1S/C11H12N6O3/c1-6-7(10(18)19)3-2-4-8(6)13-11(20)12-5-9-14-16-17-15-9/h2-4H,5H2,1H3,(H,18,19)(H2,12,13,20)(H,14,15,16,17). The van der Waals surface area contributed by atoms with Crippen LogP contribution in [0, 0.1) is 6.92 Å². The molecule has 9 nitrogen and oxygen atoms in total. The summed E-state index contributed by atoms with van der Waals surface area (Å²) in [5.74, 6) is -0.700. The van der Waals surface area contributed by atoms with Gasteiger partial charge in [-0.1, -0.05) is 11.3 Å². The smallest absolute Gasteiger partial charge is 0.336 e. The fourth-order valence-corrected chi connectivity index (χ4v) is 1.59. The number of aromatic nitrogens is 4. The van der Waals surface area contributed by atoms with E-state index in [1.807, 2.05) is 0 Å². The predicted octanol–water partition coefficient (Wildman–Crippen LogP) is 0.528. The number of urea groups is 1. The van der Waals surface area contributed by atoms with Crippen molar-refractivity contribution < 1.29 is 14.7 Å². The highest BCUT2D eigenvalue weighted by Gasteiger charge is 2.12. The van der Waals surface area contributed by atoms with E-state index in [4.69, 9.17) is 5.11 Å². The number of nitrogens with one attached hydrogen (secondary N) is 3. The van der Waals surface area contributed by atoms with Crippen molar-refractivity contribution in [1.82, 2.24) is 25.9 Å². The number of amides is 2. The van der Waals surface area contributed by atoms with E-state index >= 15 is 0 Å². The number of carboxylic acids is 1. The Bertz CT molecular complexity index is 625. The number of carbonyl (C=O) groups excluding carboxylic acids is 1. The van der Waals surface area contributed by atoms with Crippen LogP contribution in [0.5, 0.6) is 0 Å². The zero-order chi connectivity index (χ0) is 14.5. The van der Waals surface area contributed by atoms with Gasteiger partial charge in [0.2, 0.25) is 0 Å². The SMILES string of the molecule is Cc1c(NC(=O)NCc2nn[nH]n2)cccc1C(=O)O. The second-order valence-corrected chi connectivity index (χ2v) is 3.92. The Morgan fingerprint density at radius 1 is 1.40 bits per heavy atom. The highest BCUT2D eigenvalue weighted by atomic mass is 16.4. The number of benzene rings is 1. The molecule has 0 saturated carbocycles. The van der Waals surface area contributed by atoms with Crippen LogP contribution in [0.3, 0.4) is 0 Å². The Balaban J connectivity index is 2.01. The fraction of sp³-hybridized carbons (Fsp3) is 0.182. The summed E-state index contributed by atoms with van der Waals surface area (Å²) in [4.78, 5) is 22.7. The van der Waals surface area contributed by atoms with Crippen molar-refractivity contribution >= 4 is 17.7 Å². The van der Waals surface area contributed by atoms with Gasteiger partial charge in [0.15, 0.2) is 5.82 Å². The van der Waals surface area contributed by atoms with Gasteiger partial charge < -0.3 is 15.7 Å². The molecule has 2 aromatic rings. The van der Waals surface area contributed by atoms with Crippen LogP contribution in [0.15, 0.2) is 18.2 Å². The van der Waals surface area contributed by atoms with Crippen molar-refractivity contribution in [2.75, 3.05) is 5.32 Å². The first-order valence-electron chi connectivity index (χ1n) is 5.68. The molecule has 0 bridgehead atoms. The van der Waals surface area contributed by atoms with Crippen LogP contribution in [0.2, 0.25) is 0 Å². The zero-order valence-electron chi connectivity index (χ0n) is 10.5. The van der Waals surface area contributed by atoms with Crippen LogP contribution < -0.4 is 10.6 Å². The average molecular weight is 276 g/mol. The minimum Gasteiger partial charge on any atom is -0.478 e. The minimum absolute atomic E-state index is 0.111. The van der Waals surface area contributed by atoms with Crippen molar-refractivity contribution in [3.05, 3.63) is 35.2 Å². The first-order valence-corrected chi connectivity index (χ1v) is 5.68. The lowest BCUT2D eigenvalue weighted by atomic mass is 10.1. The topological polar surface area (TPSA) is 133 Å². The molecule has 2 amide bonds. The summed E-state index contributed by atoms with van der Waals surface area (Å²) in [6, 6.07) is 4.17. The second-order valence-electron chi connectivity index (χ2n) is 3.92. The van der Waals surface area contributed by atoms with E-state index in [1.165, 1.54) is 6.07 Å². The van der Waals surface area contributed by atoms with Crippen LogP contribution >= 0.6 is 0 Å². The number of rotatable bonds is 4. The number of anilines is 1. The van der Waals surface area contributed by atoms with Crippen molar-refractivity contribution in [2.24, 2.45) is 0 Å². The molecule has 20 heavy (non-hydrogen) atoms. The second kappa shape index (κ2) is 5.78. The number of nitrogens with zero attached hydrogens (tertiary/aromatic N) is 3. The molecule has 0 aliphatic carbocycles. The summed E-state index contributed by atoms with van der Waals surface area (Å²) in [6.07, 6.45) is 0. The lowest BCUT2D eigenvalue weighted by molar-refractivity contribution is 0.0696. The molecule has 4 N–H and O–H groups in total. The number of aromatic carboxylic acids is 1. The third-order valence-electron chi connectivity index (χ3n) is 2.61. The van der Waals surface area contributed by atoms with Gasteiger partial charge in [0, 0.05) is 5.69 Å². The predicted molar refractivity (Wildman–Crippen MR) is 68.2 cm³/mol. The molecule has 0 saturated heterocycles. The molecule has 0 radical (unpaired) electrons. The first kappa shape index (κ1) is 13.5. The van der Waals surface area contributed by atoms with Gasteiger partial charge in [-0.15, -0.1) is 10.2 Å². The summed E-state index contributed by atoms with van der Waals surface area (Å²) in [5, 5.41) is 27.1. The number of hydrogen-bond acceptors (Lipinski definition) is 5. The van der Waals surface area contributed by atoms with Crippen LogP contribution in [0.4, 0.5) is 10.5 Å². The van der Waals surface area contributed by atoms with Crippen LogP contribution in [-0.4, -0.2) is 37.7 Å². The van der Waals surface area contributed by atoms with E-state index in [2.05, 4.69) is 31.3 Å². The number of carboxylic acid groups (broad SMARTS) is 1. The molecule has 1 aromatic carbocycles. The Kier molecular flexibility index (Phi) is 3.89. The molecule has 9 heteroatoms. The quantitative estimate of drug-likeness (QED) is 0.643. The number of hydrogen-bond donors (Lipinski definition) is 4. The van der Waals surface area contributed by atoms with Gasteiger partial charge in [-0.25, -0.2) is 9.59 Å². The molecule has 0 aliphatic heterocycles. The van der Waals surface area contributed by atoms with E-state index in [9.17, 15) is 9.59 Å². The lowest BCUT2D eigenvalue weighted by Crippen LogP contribution is -2.29. The van der Waals surface area contributed by atoms with E-state index in [0.29, 0.717) is 17.1 Å². The van der Waals surface area contributed by atoms with Crippen LogP contribution in [-0.2, 0) is 6.54 Å². The normalized spacial score (nSPS) is 10.1. The Labute approximate surface area is 113 Å². The third kappa shape index (κ3) is 3.07. The van der Waals surface area contributed by atoms with Crippen molar-refractivity contribution in [3.63, 3.8) is 0 Å². The summed E-state index contributed by atoms with van der Waals surface area (Å²) in [6.45, 7) is 1.73. The van der Waals surface area contributed by atoms with Crippen molar-refractivity contribution in [2.45, 2.75) is 13.5 Å². The molecule has 1 heterocycles. The van der Waals surface area contributed by atoms with E-state index in [-0.39, 0.29) is 12.1 Å². The minimum atomic E-state index is -1.04. The monoisotopic (exact) mass is 276 g/mol. The highest BCUT2D eigenvalue weighted by Crippen LogP contribution is 2.18. The molecule has 104 valence electrons. The zero-order valence-corrected chi connectivity index (χ0v) is 10.5. The lowest BCUT2D eigenvalue weighted by Gasteiger charge is -2.10. The fourth-order valence-electron chi connectivity index (χ4n) is 1.59. The van der Waals surface area contributed by atoms with Gasteiger partial charge in [0.05, 0.1) is 12.1 Å². The van der Waals surface area contributed by atoms with Gasteiger partial charge in [-0.2, -0.15) is 5.21 Å². The van der Waals surface area contributed by atoms with E-state index in [0.717, 1.165) is 0 Å². The number of carbonyl (C=O) groups is 2. The van der Waals surface area contributed by atoms with E-state index in [1.54, 1.807) is 19.1 Å². The molecule has 0 aliphatic rings. The molecule has 0 unspecified atom stereocenters. The van der Waals surface area contributed by atoms with Gasteiger partial charge in [-0.05, 0) is 24.6 Å². The highest BCUT2D eigenvalue weighted by molar-refractivity contribution is 5.95. The summed E-state index contributed by atoms with van der Waals surface area (Å²) in [5.41, 5.74) is 1.05. The molecular formula is C11H12N6O3. The summed E-state index contributed by atoms with van der Waals surface area (Å²) < 4.78 is 0. The molecular weight excluding hydrogens is 264 g/mol. The largest absolute Gasteiger partial charge is 0.478 e. The van der Waals surface area contributed by atoms with Crippen LogP contribution in [0.25, 0.3) is 0 Å². The maximum absolute atomic E-state index is 11.7. The molecule has 1 aromatic heterocycles. The number of H-pyrrole nitrogens is 1. The van der Waals surface area contributed by atoms with Gasteiger partial charge in [-0.3, -0.25) is 0 Å². The van der Waals surface area contributed by atoms with Crippen molar-refractivity contribution in [1.29, 1.82) is 0 Å². The maximum Gasteiger partial charge on any atom is 0.336 e. The van der Waals surface area contributed by atoms with Gasteiger partial charge >= 0.3 is 12.0 Å². The molecule has 2 rings (SSSR count). The molecule has 0 fully saturated rings. The summed E-state index contributed by atoms with van der Waals surface area (Å²) in [7, 11) is 0. The van der Waals surface area contributed by atoms with Crippen LogP contribution in [0.1, 0.15) is 21.7 Å². The Morgan fingerprint density at radius 3 is 2.85 bits per heavy atom. The third-order valence-corrected chi connectivity index (χ3v) is 2.61. The number of aromatic amines is 1. The van der Waals surface area contributed by atoms with E-state index < -0.39 is 12.0 Å². The summed E-state index contributed by atoms with van der Waals surface area (Å²) >= 11 is 0. The molecule has 0 spiro atoms. The number of tetrazole rings is 1. The first-order chi connectivity index (χ1) is 9.58. The average Bonchev–Trinajstić information content (AvgIpc) is 2.91. The van der Waals surface area contributed by atoms with Gasteiger partial charge in [0.1, 0.15) is 0 Å². The molecule has 0 atom stereocenters. The Hall–Kier alpha value is -2.97. The Morgan fingerprint density at radius 2 is 2.20 bits per heavy atom. The van der Waals surface area contributed by atoms with Gasteiger partial charge in [0.25, 0.3) is 0 Å².